The second-order valence-corrected chi connectivity index (χ2v) is 6.53. The number of hydrogen-bond donors (Lipinski definition) is 1. The lowest BCUT2D eigenvalue weighted by Gasteiger charge is -2.28. The normalized spacial score (nSPS) is 15.5. The lowest BCUT2D eigenvalue weighted by molar-refractivity contribution is 0.245. The van der Waals surface area contributed by atoms with Crippen molar-refractivity contribution in [1.82, 2.24) is 9.88 Å². The molecule has 3 rings (SSSR count). The average molecular weight is 273 g/mol. The summed E-state index contributed by atoms with van der Waals surface area (Å²) in [6.07, 6.45) is 1.11. The largest absolute Gasteiger partial charge is 0.399 e. The molecule has 0 unspecified atom stereocenters. The van der Waals surface area contributed by atoms with E-state index in [2.05, 4.69) is 35.9 Å². The van der Waals surface area contributed by atoms with Gasteiger partial charge in [-0.25, -0.2) is 4.98 Å². The van der Waals surface area contributed by atoms with Crippen molar-refractivity contribution < 1.29 is 0 Å². The first kappa shape index (κ1) is 12.6. The molecular weight excluding hydrogens is 254 g/mol. The van der Waals surface area contributed by atoms with Crippen LogP contribution in [0.25, 0.3) is 0 Å². The number of nitrogens with two attached hydrogens (primary N) is 1. The number of benzene rings is 1. The van der Waals surface area contributed by atoms with Crippen LogP contribution in [0.2, 0.25) is 0 Å². The second kappa shape index (κ2) is 4.94. The Morgan fingerprint density at radius 1 is 1.32 bits per heavy atom. The molecule has 1 aromatic heterocycles. The number of nitrogens with zero attached hydrogens (tertiary/aromatic N) is 2. The number of thiazole rings is 1. The first-order valence-corrected chi connectivity index (χ1v) is 7.46. The van der Waals surface area contributed by atoms with E-state index in [1.165, 1.54) is 26.7 Å². The van der Waals surface area contributed by atoms with E-state index >= 15 is 0 Å². The molecular formula is C15H19N3S. The first-order valence-electron chi connectivity index (χ1n) is 6.64. The van der Waals surface area contributed by atoms with Crippen molar-refractivity contribution in [3.05, 3.63) is 44.9 Å². The molecule has 0 saturated heterocycles. The van der Waals surface area contributed by atoms with E-state index in [9.17, 15) is 0 Å². The lowest BCUT2D eigenvalue weighted by atomic mass is 9.99. The lowest BCUT2D eigenvalue weighted by Crippen LogP contribution is -2.30. The van der Waals surface area contributed by atoms with Crippen molar-refractivity contribution in [3.8, 4) is 0 Å². The molecule has 0 saturated carbocycles. The number of anilines is 1. The Morgan fingerprint density at radius 3 is 2.89 bits per heavy atom. The fourth-order valence-corrected chi connectivity index (χ4v) is 3.54. The van der Waals surface area contributed by atoms with E-state index in [1.807, 2.05) is 17.4 Å². The van der Waals surface area contributed by atoms with Crippen molar-refractivity contribution >= 4 is 17.0 Å². The summed E-state index contributed by atoms with van der Waals surface area (Å²) in [6.45, 7) is 7.27. The zero-order chi connectivity index (χ0) is 13.4. The van der Waals surface area contributed by atoms with Crippen molar-refractivity contribution in [2.24, 2.45) is 0 Å². The molecule has 0 radical (unpaired) electrons. The molecule has 0 bridgehead atoms. The molecule has 0 spiro atoms. The van der Waals surface area contributed by atoms with Crippen LogP contribution in [-0.4, -0.2) is 16.4 Å². The number of fused-ring (bicyclic) bond motifs is 1. The minimum Gasteiger partial charge on any atom is -0.399 e. The number of hydrogen-bond acceptors (Lipinski definition) is 4. The molecule has 0 fully saturated rings. The summed E-state index contributed by atoms with van der Waals surface area (Å²) in [4.78, 5) is 8.42. The summed E-state index contributed by atoms with van der Waals surface area (Å²) < 4.78 is 0. The highest BCUT2D eigenvalue weighted by atomic mass is 32.1. The Bertz CT molecular complexity index is 584. The molecule has 19 heavy (non-hydrogen) atoms. The maximum Gasteiger partial charge on any atom is 0.107 e. The monoisotopic (exact) mass is 273 g/mol. The standard InChI is InChI=1S/C15H19N3S/c1-10-11(2)19-15(17-10)9-18-6-5-12-3-4-14(16)7-13(12)8-18/h3-4,7H,5-6,8-9,16H2,1-2H3. The summed E-state index contributed by atoms with van der Waals surface area (Å²) in [6, 6.07) is 6.28. The third kappa shape index (κ3) is 2.65. The predicted octanol–water partition coefficient (Wildman–Crippen LogP) is 2.90. The maximum absolute atomic E-state index is 5.87. The fourth-order valence-electron chi connectivity index (χ4n) is 2.57. The van der Waals surface area contributed by atoms with Crippen molar-refractivity contribution in [2.45, 2.75) is 33.4 Å². The SMILES string of the molecule is Cc1nc(CN2CCc3ccc(N)cc3C2)sc1C. The minimum absolute atomic E-state index is 0.863. The molecule has 1 aromatic carbocycles. The average Bonchev–Trinajstić information content (AvgIpc) is 2.67. The van der Waals surface area contributed by atoms with E-state index in [-0.39, 0.29) is 0 Å². The quantitative estimate of drug-likeness (QED) is 0.856. The fraction of sp³-hybridized carbons (Fsp3) is 0.400. The molecule has 2 aromatic rings. The van der Waals surface area contributed by atoms with Crippen LogP contribution in [0, 0.1) is 13.8 Å². The van der Waals surface area contributed by atoms with E-state index in [0.717, 1.165) is 31.7 Å². The highest BCUT2D eigenvalue weighted by Gasteiger charge is 2.17. The van der Waals surface area contributed by atoms with Gasteiger partial charge in [-0.05, 0) is 43.5 Å². The van der Waals surface area contributed by atoms with Crippen LogP contribution >= 0.6 is 11.3 Å². The molecule has 2 heterocycles. The second-order valence-electron chi connectivity index (χ2n) is 5.24. The Labute approximate surface area is 118 Å². The number of nitrogen functional groups attached to an aromatic ring is 1. The van der Waals surface area contributed by atoms with Gasteiger partial charge in [-0.3, -0.25) is 4.90 Å². The van der Waals surface area contributed by atoms with Gasteiger partial charge in [0, 0.05) is 23.7 Å². The van der Waals surface area contributed by atoms with E-state index in [0.29, 0.717) is 0 Å². The highest BCUT2D eigenvalue weighted by Crippen LogP contribution is 2.24. The van der Waals surface area contributed by atoms with E-state index < -0.39 is 0 Å². The van der Waals surface area contributed by atoms with Gasteiger partial charge in [0.05, 0.1) is 12.2 Å². The van der Waals surface area contributed by atoms with Crippen LogP contribution < -0.4 is 5.73 Å². The van der Waals surface area contributed by atoms with Crippen LogP contribution in [0.15, 0.2) is 18.2 Å². The van der Waals surface area contributed by atoms with E-state index in [1.54, 1.807) is 0 Å². The Kier molecular flexibility index (Phi) is 3.29. The zero-order valence-corrected chi connectivity index (χ0v) is 12.3. The van der Waals surface area contributed by atoms with E-state index in [4.69, 9.17) is 5.73 Å². The summed E-state index contributed by atoms with van der Waals surface area (Å²) in [5.74, 6) is 0. The Balaban J connectivity index is 1.75. The minimum atomic E-state index is 0.863. The van der Waals surface area contributed by atoms with Gasteiger partial charge < -0.3 is 5.73 Å². The number of aryl methyl sites for hydroxylation is 2. The third-order valence-electron chi connectivity index (χ3n) is 3.75. The smallest absolute Gasteiger partial charge is 0.107 e. The molecule has 100 valence electrons. The van der Waals surface area contributed by atoms with Gasteiger partial charge in [0.25, 0.3) is 0 Å². The van der Waals surface area contributed by atoms with Gasteiger partial charge in [-0.1, -0.05) is 6.07 Å². The molecule has 2 N–H and O–H groups in total. The van der Waals surface area contributed by atoms with Gasteiger partial charge in [0.2, 0.25) is 0 Å². The van der Waals surface area contributed by atoms with Crippen LogP contribution in [0.5, 0.6) is 0 Å². The predicted molar refractivity (Wildman–Crippen MR) is 80.3 cm³/mol. The third-order valence-corrected chi connectivity index (χ3v) is 4.81. The highest BCUT2D eigenvalue weighted by molar-refractivity contribution is 7.11. The van der Waals surface area contributed by atoms with Crippen LogP contribution in [0.4, 0.5) is 5.69 Å². The maximum atomic E-state index is 5.87. The molecule has 1 aliphatic rings. The van der Waals surface area contributed by atoms with Gasteiger partial charge in [0.1, 0.15) is 5.01 Å². The molecule has 0 amide bonds. The van der Waals surface area contributed by atoms with Gasteiger partial charge in [-0.15, -0.1) is 11.3 Å². The molecule has 1 aliphatic heterocycles. The summed E-state index contributed by atoms with van der Waals surface area (Å²) in [5.41, 5.74) is 10.7. The van der Waals surface area contributed by atoms with Crippen molar-refractivity contribution in [2.75, 3.05) is 12.3 Å². The number of rotatable bonds is 2. The van der Waals surface area contributed by atoms with Crippen molar-refractivity contribution in [1.29, 1.82) is 0 Å². The topological polar surface area (TPSA) is 42.2 Å². The van der Waals surface area contributed by atoms with Gasteiger partial charge in [-0.2, -0.15) is 0 Å². The van der Waals surface area contributed by atoms with Gasteiger partial charge >= 0.3 is 0 Å². The van der Waals surface area contributed by atoms with Crippen LogP contribution in [0.3, 0.4) is 0 Å². The first-order chi connectivity index (χ1) is 9.11. The molecule has 0 aliphatic carbocycles. The van der Waals surface area contributed by atoms with Crippen LogP contribution in [-0.2, 0) is 19.5 Å². The van der Waals surface area contributed by atoms with Crippen LogP contribution in [0.1, 0.15) is 26.7 Å². The summed E-state index contributed by atoms with van der Waals surface area (Å²) in [5, 5.41) is 1.22. The number of aromatic nitrogens is 1. The molecule has 0 atom stereocenters. The Hall–Kier alpha value is -1.39. The Morgan fingerprint density at radius 2 is 2.16 bits per heavy atom. The van der Waals surface area contributed by atoms with Crippen molar-refractivity contribution in [3.63, 3.8) is 0 Å². The summed E-state index contributed by atoms with van der Waals surface area (Å²) in [7, 11) is 0. The van der Waals surface area contributed by atoms with Gasteiger partial charge in [0.15, 0.2) is 0 Å². The molecule has 4 heteroatoms. The molecule has 3 nitrogen and oxygen atoms in total. The summed E-state index contributed by atoms with van der Waals surface area (Å²) >= 11 is 1.81. The zero-order valence-electron chi connectivity index (χ0n) is 11.4.